The summed E-state index contributed by atoms with van der Waals surface area (Å²) in [7, 11) is 0. The van der Waals surface area contributed by atoms with Crippen LogP contribution >= 0.6 is 0 Å². The summed E-state index contributed by atoms with van der Waals surface area (Å²) in [6, 6.07) is 6.35. The standard InChI is InChI=1S/C15H14N4O3/c1-3-13-14(15(21)19(18-13)4-5-20)22-12-7-10(9-16)6-11(8-12)17-2/h6-8,14,20H,3-5H2,1H3. The molecule has 1 atom stereocenters. The maximum absolute atomic E-state index is 12.2. The molecule has 0 radical (unpaired) electrons. The first-order valence-electron chi connectivity index (χ1n) is 6.71. The minimum atomic E-state index is -0.885. The Balaban J connectivity index is 2.27. The van der Waals surface area contributed by atoms with Crippen LogP contribution in [0.2, 0.25) is 0 Å². The lowest BCUT2D eigenvalue weighted by atomic mass is 10.1. The summed E-state index contributed by atoms with van der Waals surface area (Å²) in [5.74, 6) is -0.0898. The van der Waals surface area contributed by atoms with Crippen molar-refractivity contribution in [3.63, 3.8) is 0 Å². The van der Waals surface area contributed by atoms with Crippen LogP contribution in [0.1, 0.15) is 18.9 Å². The van der Waals surface area contributed by atoms with Crippen LogP contribution in [0.4, 0.5) is 5.69 Å². The second-order valence-electron chi connectivity index (χ2n) is 4.57. The van der Waals surface area contributed by atoms with Crippen molar-refractivity contribution in [2.75, 3.05) is 13.2 Å². The van der Waals surface area contributed by atoms with Gasteiger partial charge in [-0.05, 0) is 24.6 Å². The fourth-order valence-corrected chi connectivity index (χ4v) is 2.08. The van der Waals surface area contributed by atoms with Gasteiger partial charge in [-0.15, -0.1) is 0 Å². The number of aliphatic hydroxyl groups is 1. The number of amides is 1. The zero-order valence-corrected chi connectivity index (χ0v) is 12.0. The molecule has 0 aromatic heterocycles. The third-order valence-electron chi connectivity index (χ3n) is 3.11. The van der Waals surface area contributed by atoms with E-state index in [2.05, 4.69) is 9.95 Å². The van der Waals surface area contributed by atoms with Crippen LogP contribution in [0.25, 0.3) is 4.85 Å². The van der Waals surface area contributed by atoms with Gasteiger partial charge in [0.15, 0.2) is 5.69 Å². The molecule has 1 heterocycles. The van der Waals surface area contributed by atoms with E-state index < -0.39 is 6.10 Å². The maximum Gasteiger partial charge on any atom is 0.289 e. The molecule has 1 aliphatic heterocycles. The summed E-state index contributed by atoms with van der Waals surface area (Å²) in [5.41, 5.74) is 1.10. The molecule has 7 nitrogen and oxygen atoms in total. The fourth-order valence-electron chi connectivity index (χ4n) is 2.08. The normalized spacial score (nSPS) is 16.9. The molecule has 1 aromatic carbocycles. The molecule has 112 valence electrons. The Morgan fingerprint density at radius 2 is 2.32 bits per heavy atom. The first kappa shape index (κ1) is 15.5. The van der Waals surface area contributed by atoms with Crippen LogP contribution in [-0.2, 0) is 4.79 Å². The van der Waals surface area contributed by atoms with Crippen LogP contribution in [0.5, 0.6) is 5.75 Å². The molecule has 2 rings (SSSR count). The molecule has 1 N–H and O–H groups in total. The molecule has 0 fully saturated rings. The molecule has 1 amide bonds. The minimum Gasteiger partial charge on any atom is -0.476 e. The van der Waals surface area contributed by atoms with Gasteiger partial charge in [-0.2, -0.15) is 10.4 Å². The van der Waals surface area contributed by atoms with E-state index in [9.17, 15) is 4.79 Å². The third-order valence-corrected chi connectivity index (χ3v) is 3.11. The van der Waals surface area contributed by atoms with Crippen LogP contribution < -0.4 is 4.74 Å². The molecule has 1 aromatic rings. The van der Waals surface area contributed by atoms with Gasteiger partial charge in [0.05, 0.1) is 31.5 Å². The van der Waals surface area contributed by atoms with Crippen molar-refractivity contribution in [3.05, 3.63) is 35.2 Å². The van der Waals surface area contributed by atoms with Gasteiger partial charge in [-0.25, -0.2) is 9.85 Å². The van der Waals surface area contributed by atoms with Gasteiger partial charge in [-0.1, -0.05) is 6.92 Å². The van der Waals surface area contributed by atoms with Gasteiger partial charge in [0.2, 0.25) is 6.10 Å². The lowest BCUT2D eigenvalue weighted by molar-refractivity contribution is -0.134. The van der Waals surface area contributed by atoms with Crippen molar-refractivity contribution in [2.24, 2.45) is 5.10 Å². The quantitative estimate of drug-likeness (QED) is 0.833. The largest absolute Gasteiger partial charge is 0.476 e. The highest BCUT2D eigenvalue weighted by molar-refractivity contribution is 6.10. The molecule has 0 bridgehead atoms. The Morgan fingerprint density at radius 1 is 1.55 bits per heavy atom. The number of rotatable bonds is 5. The van der Waals surface area contributed by atoms with E-state index in [1.54, 1.807) is 0 Å². The molecule has 1 unspecified atom stereocenters. The minimum absolute atomic E-state index is 0.105. The van der Waals surface area contributed by atoms with Crippen molar-refractivity contribution in [1.29, 1.82) is 5.26 Å². The SMILES string of the molecule is [C-]#[N+]c1cc(C#N)cc(OC2C(=O)N(CCO)N=C2CC)c1. The summed E-state index contributed by atoms with van der Waals surface area (Å²) in [4.78, 5) is 15.5. The topological polar surface area (TPSA) is 90.3 Å². The van der Waals surface area contributed by atoms with Gasteiger partial charge in [0.25, 0.3) is 5.91 Å². The first-order chi connectivity index (χ1) is 10.6. The van der Waals surface area contributed by atoms with Crippen molar-refractivity contribution >= 4 is 17.3 Å². The van der Waals surface area contributed by atoms with E-state index in [4.69, 9.17) is 21.7 Å². The van der Waals surface area contributed by atoms with E-state index in [-0.39, 0.29) is 36.1 Å². The van der Waals surface area contributed by atoms with Gasteiger partial charge in [0, 0.05) is 5.56 Å². The number of benzene rings is 1. The van der Waals surface area contributed by atoms with E-state index in [0.29, 0.717) is 12.1 Å². The fraction of sp³-hybridized carbons (Fsp3) is 0.333. The summed E-state index contributed by atoms with van der Waals surface area (Å²) in [5, 5.41) is 23.2. The van der Waals surface area contributed by atoms with Crippen molar-refractivity contribution in [2.45, 2.75) is 19.4 Å². The number of nitriles is 1. The van der Waals surface area contributed by atoms with E-state index in [0.717, 1.165) is 0 Å². The number of aliphatic hydroxyl groups excluding tert-OH is 1. The van der Waals surface area contributed by atoms with Crippen LogP contribution in [-0.4, -0.2) is 41.0 Å². The zero-order chi connectivity index (χ0) is 16.1. The molecule has 0 saturated carbocycles. The maximum atomic E-state index is 12.2. The molecule has 1 aliphatic rings. The summed E-state index contributed by atoms with van der Waals surface area (Å²) >= 11 is 0. The Hall–Kier alpha value is -2.90. The highest BCUT2D eigenvalue weighted by Gasteiger charge is 2.36. The Morgan fingerprint density at radius 3 is 2.91 bits per heavy atom. The van der Waals surface area contributed by atoms with E-state index >= 15 is 0 Å². The number of ether oxygens (including phenoxy) is 1. The summed E-state index contributed by atoms with van der Waals surface area (Å²) in [6.07, 6.45) is -0.365. The Bertz CT molecular complexity index is 667. The molecule has 0 saturated heterocycles. The number of carbonyl (C=O) groups excluding carboxylic acids is 1. The van der Waals surface area contributed by atoms with Gasteiger partial charge >= 0.3 is 0 Å². The zero-order valence-electron chi connectivity index (χ0n) is 12.0. The van der Waals surface area contributed by atoms with E-state index in [1.165, 1.54) is 23.2 Å². The number of hydrogen-bond acceptors (Lipinski definition) is 5. The van der Waals surface area contributed by atoms with Gasteiger partial charge in [0.1, 0.15) is 5.75 Å². The van der Waals surface area contributed by atoms with Gasteiger partial charge in [-0.3, -0.25) is 4.79 Å². The predicted molar refractivity (Wildman–Crippen MR) is 78.4 cm³/mol. The second kappa shape index (κ2) is 6.70. The highest BCUT2D eigenvalue weighted by atomic mass is 16.5. The van der Waals surface area contributed by atoms with E-state index in [1.807, 2.05) is 13.0 Å². The van der Waals surface area contributed by atoms with Crippen LogP contribution in [0.15, 0.2) is 23.3 Å². The summed E-state index contributed by atoms with van der Waals surface area (Å²) in [6.45, 7) is 8.80. The lowest BCUT2D eigenvalue weighted by Gasteiger charge is -2.15. The third kappa shape index (κ3) is 3.05. The monoisotopic (exact) mass is 298 g/mol. The average Bonchev–Trinajstić information content (AvgIpc) is 2.83. The Kier molecular flexibility index (Phi) is 4.72. The number of nitrogens with zero attached hydrogens (tertiary/aromatic N) is 4. The first-order valence-corrected chi connectivity index (χ1v) is 6.71. The molecular weight excluding hydrogens is 284 g/mol. The number of hydrazone groups is 1. The van der Waals surface area contributed by atoms with Crippen molar-refractivity contribution < 1.29 is 14.6 Å². The van der Waals surface area contributed by atoms with Gasteiger partial charge < -0.3 is 9.84 Å². The molecule has 22 heavy (non-hydrogen) atoms. The molecule has 7 heteroatoms. The number of β-amino-alcohol motifs (C(OH)–C–C–N with tert-alkyl or cyclic N) is 1. The Labute approximate surface area is 127 Å². The molecule has 0 spiro atoms. The second-order valence-corrected chi connectivity index (χ2v) is 4.57. The molecular formula is C15H14N4O3. The van der Waals surface area contributed by atoms with Crippen molar-refractivity contribution in [1.82, 2.24) is 5.01 Å². The number of carbonyl (C=O) groups is 1. The number of hydrogen-bond donors (Lipinski definition) is 1. The summed E-state index contributed by atoms with van der Waals surface area (Å²) < 4.78 is 5.65. The van der Waals surface area contributed by atoms with Crippen LogP contribution in [0, 0.1) is 17.9 Å². The highest BCUT2D eigenvalue weighted by Crippen LogP contribution is 2.26. The van der Waals surface area contributed by atoms with Crippen molar-refractivity contribution in [3.8, 4) is 11.8 Å². The average molecular weight is 298 g/mol. The molecule has 0 aliphatic carbocycles. The smallest absolute Gasteiger partial charge is 0.289 e. The van der Waals surface area contributed by atoms with Crippen LogP contribution in [0.3, 0.4) is 0 Å². The lowest BCUT2D eigenvalue weighted by Crippen LogP contribution is -2.37. The predicted octanol–water partition coefficient (Wildman–Crippen LogP) is 1.46.